The average molecular weight is 339 g/mol. The Labute approximate surface area is 149 Å². The van der Waals surface area contributed by atoms with E-state index in [1.54, 1.807) is 7.11 Å². The van der Waals surface area contributed by atoms with Crippen LogP contribution in [0.5, 0.6) is 5.75 Å². The van der Waals surface area contributed by atoms with Gasteiger partial charge in [-0.05, 0) is 42.7 Å². The topological polar surface area (TPSA) is 45.7 Å². The molecule has 0 saturated carbocycles. The standard InChI is InChI=1S/C20H25N3O2/c1-22(20(24)15-16-6-5-7-18(14-16)25-2)17-9-12-23(13-10-17)19-8-3-4-11-21-19/h3-8,11,14,17H,9-10,12-13,15H2,1-2H3. The molecule has 1 saturated heterocycles. The summed E-state index contributed by atoms with van der Waals surface area (Å²) in [5, 5.41) is 0. The maximum absolute atomic E-state index is 12.6. The zero-order chi connectivity index (χ0) is 17.6. The van der Waals surface area contributed by atoms with Crippen molar-refractivity contribution in [3.05, 3.63) is 54.2 Å². The van der Waals surface area contributed by atoms with Crippen LogP contribution in [0.4, 0.5) is 5.82 Å². The fourth-order valence-corrected chi connectivity index (χ4v) is 3.31. The summed E-state index contributed by atoms with van der Waals surface area (Å²) in [5.74, 6) is 1.97. The molecule has 1 amide bonds. The number of nitrogens with zero attached hydrogens (tertiary/aromatic N) is 3. The lowest BCUT2D eigenvalue weighted by atomic mass is 10.0. The van der Waals surface area contributed by atoms with E-state index in [1.807, 2.05) is 60.6 Å². The van der Waals surface area contributed by atoms with Gasteiger partial charge < -0.3 is 14.5 Å². The monoisotopic (exact) mass is 339 g/mol. The fraction of sp³-hybridized carbons (Fsp3) is 0.400. The fourth-order valence-electron chi connectivity index (χ4n) is 3.31. The van der Waals surface area contributed by atoms with Crippen LogP contribution >= 0.6 is 0 Å². The molecule has 1 aromatic carbocycles. The van der Waals surface area contributed by atoms with E-state index in [1.165, 1.54) is 0 Å². The molecule has 2 heterocycles. The Bertz CT molecular complexity index is 697. The number of ether oxygens (including phenoxy) is 1. The highest BCUT2D eigenvalue weighted by molar-refractivity contribution is 5.79. The van der Waals surface area contributed by atoms with Crippen LogP contribution in [0, 0.1) is 0 Å². The number of methoxy groups -OCH3 is 1. The molecule has 5 heteroatoms. The normalized spacial score (nSPS) is 15.0. The van der Waals surface area contributed by atoms with Gasteiger partial charge in [0.05, 0.1) is 13.5 Å². The van der Waals surface area contributed by atoms with Crippen molar-refractivity contribution in [2.45, 2.75) is 25.3 Å². The number of pyridine rings is 1. The van der Waals surface area contributed by atoms with Gasteiger partial charge in [-0.2, -0.15) is 0 Å². The van der Waals surface area contributed by atoms with Crippen LogP contribution in [-0.4, -0.2) is 49.1 Å². The Kier molecular flexibility index (Phi) is 5.53. The van der Waals surface area contributed by atoms with E-state index in [0.29, 0.717) is 6.42 Å². The van der Waals surface area contributed by atoms with E-state index in [0.717, 1.165) is 43.1 Å². The van der Waals surface area contributed by atoms with Crippen molar-refractivity contribution in [1.82, 2.24) is 9.88 Å². The molecule has 0 unspecified atom stereocenters. The van der Waals surface area contributed by atoms with Crippen LogP contribution in [0.3, 0.4) is 0 Å². The van der Waals surface area contributed by atoms with Crippen LogP contribution in [0.25, 0.3) is 0 Å². The Hall–Kier alpha value is -2.56. The Morgan fingerprint density at radius 2 is 2.04 bits per heavy atom. The van der Waals surface area contributed by atoms with Crippen LogP contribution in [-0.2, 0) is 11.2 Å². The van der Waals surface area contributed by atoms with E-state index in [-0.39, 0.29) is 11.9 Å². The molecular formula is C20H25N3O2. The van der Waals surface area contributed by atoms with Crippen molar-refractivity contribution in [2.75, 3.05) is 32.1 Å². The summed E-state index contributed by atoms with van der Waals surface area (Å²) in [7, 11) is 3.56. The Morgan fingerprint density at radius 1 is 1.24 bits per heavy atom. The third kappa shape index (κ3) is 4.29. The number of piperidine rings is 1. The van der Waals surface area contributed by atoms with Gasteiger partial charge in [-0.15, -0.1) is 0 Å². The molecule has 0 aliphatic carbocycles. The number of aromatic nitrogens is 1. The highest BCUT2D eigenvalue weighted by atomic mass is 16.5. The summed E-state index contributed by atoms with van der Waals surface area (Å²) in [6.07, 6.45) is 4.17. The van der Waals surface area contributed by atoms with E-state index in [2.05, 4.69) is 9.88 Å². The number of carbonyl (C=O) groups excluding carboxylic acids is 1. The maximum Gasteiger partial charge on any atom is 0.226 e. The number of benzene rings is 1. The minimum absolute atomic E-state index is 0.157. The van der Waals surface area contributed by atoms with Gasteiger partial charge in [-0.25, -0.2) is 4.98 Å². The van der Waals surface area contributed by atoms with Gasteiger partial charge in [0.15, 0.2) is 0 Å². The van der Waals surface area contributed by atoms with Crippen molar-refractivity contribution < 1.29 is 9.53 Å². The number of hydrogen-bond acceptors (Lipinski definition) is 4. The highest BCUT2D eigenvalue weighted by Gasteiger charge is 2.25. The molecule has 132 valence electrons. The van der Waals surface area contributed by atoms with Crippen molar-refractivity contribution in [1.29, 1.82) is 0 Å². The summed E-state index contributed by atoms with van der Waals surface area (Å²) in [6.45, 7) is 1.86. The molecule has 0 N–H and O–H groups in total. The first-order valence-electron chi connectivity index (χ1n) is 8.72. The second-order valence-corrected chi connectivity index (χ2v) is 6.44. The molecule has 3 rings (SSSR count). The first-order valence-corrected chi connectivity index (χ1v) is 8.72. The molecule has 25 heavy (non-hydrogen) atoms. The second kappa shape index (κ2) is 8.01. The zero-order valence-corrected chi connectivity index (χ0v) is 14.9. The number of hydrogen-bond donors (Lipinski definition) is 0. The van der Waals surface area contributed by atoms with Crippen molar-refractivity contribution in [3.8, 4) is 5.75 Å². The van der Waals surface area contributed by atoms with Gasteiger partial charge in [0.1, 0.15) is 11.6 Å². The minimum atomic E-state index is 0.157. The van der Waals surface area contributed by atoms with Gasteiger partial charge in [-0.1, -0.05) is 18.2 Å². The summed E-state index contributed by atoms with van der Waals surface area (Å²) >= 11 is 0. The Balaban J connectivity index is 1.54. The van der Waals surface area contributed by atoms with Crippen molar-refractivity contribution >= 4 is 11.7 Å². The van der Waals surface area contributed by atoms with Gasteiger partial charge >= 0.3 is 0 Å². The quantitative estimate of drug-likeness (QED) is 0.840. The number of amides is 1. The third-order valence-electron chi connectivity index (χ3n) is 4.87. The van der Waals surface area contributed by atoms with Gasteiger partial charge in [0, 0.05) is 32.4 Å². The molecular weight excluding hydrogens is 314 g/mol. The summed E-state index contributed by atoms with van der Waals surface area (Å²) in [5.41, 5.74) is 0.988. The minimum Gasteiger partial charge on any atom is -0.497 e. The van der Waals surface area contributed by atoms with Gasteiger partial charge in [0.2, 0.25) is 5.91 Å². The van der Waals surface area contributed by atoms with Crippen molar-refractivity contribution in [2.24, 2.45) is 0 Å². The predicted molar refractivity (Wildman–Crippen MR) is 98.9 cm³/mol. The molecule has 1 aliphatic rings. The molecule has 1 aromatic heterocycles. The SMILES string of the molecule is COc1cccc(CC(=O)N(C)C2CCN(c3ccccn3)CC2)c1. The molecule has 2 aromatic rings. The average Bonchev–Trinajstić information content (AvgIpc) is 2.68. The molecule has 0 atom stereocenters. The smallest absolute Gasteiger partial charge is 0.226 e. The maximum atomic E-state index is 12.6. The molecule has 0 radical (unpaired) electrons. The largest absolute Gasteiger partial charge is 0.497 e. The number of likely N-dealkylation sites (N-methyl/N-ethyl adjacent to an activating group) is 1. The molecule has 0 spiro atoms. The second-order valence-electron chi connectivity index (χ2n) is 6.44. The third-order valence-corrected chi connectivity index (χ3v) is 4.87. The number of rotatable bonds is 5. The summed E-state index contributed by atoms with van der Waals surface area (Å²) < 4.78 is 5.23. The zero-order valence-electron chi connectivity index (χ0n) is 14.9. The van der Waals surface area contributed by atoms with E-state index in [4.69, 9.17) is 4.74 Å². The van der Waals surface area contributed by atoms with Crippen LogP contribution in [0.15, 0.2) is 48.7 Å². The van der Waals surface area contributed by atoms with Crippen molar-refractivity contribution in [3.63, 3.8) is 0 Å². The molecule has 0 bridgehead atoms. The number of carbonyl (C=O) groups is 1. The lowest BCUT2D eigenvalue weighted by Crippen LogP contribution is -2.46. The lowest BCUT2D eigenvalue weighted by Gasteiger charge is -2.37. The summed E-state index contributed by atoms with van der Waals surface area (Å²) in [4.78, 5) is 21.2. The molecule has 5 nitrogen and oxygen atoms in total. The predicted octanol–water partition coefficient (Wildman–Crippen LogP) is 2.76. The first kappa shape index (κ1) is 17.3. The van der Waals surface area contributed by atoms with E-state index < -0.39 is 0 Å². The summed E-state index contributed by atoms with van der Waals surface area (Å²) in [6, 6.07) is 14.0. The van der Waals surface area contributed by atoms with E-state index in [9.17, 15) is 4.79 Å². The van der Waals surface area contributed by atoms with Crippen LogP contribution in [0.1, 0.15) is 18.4 Å². The van der Waals surface area contributed by atoms with Crippen LogP contribution in [0.2, 0.25) is 0 Å². The van der Waals surface area contributed by atoms with Crippen LogP contribution < -0.4 is 9.64 Å². The first-order chi connectivity index (χ1) is 12.2. The lowest BCUT2D eigenvalue weighted by molar-refractivity contribution is -0.131. The molecule has 1 fully saturated rings. The Morgan fingerprint density at radius 3 is 2.72 bits per heavy atom. The highest BCUT2D eigenvalue weighted by Crippen LogP contribution is 2.21. The van der Waals surface area contributed by atoms with Gasteiger partial charge in [0.25, 0.3) is 0 Å². The van der Waals surface area contributed by atoms with Gasteiger partial charge in [-0.3, -0.25) is 4.79 Å². The molecule has 1 aliphatic heterocycles. The van der Waals surface area contributed by atoms with E-state index >= 15 is 0 Å². The number of anilines is 1.